The molecule has 1 N–H and O–H groups in total. The van der Waals surface area contributed by atoms with Gasteiger partial charge in [0.05, 0.1) is 12.7 Å². The minimum atomic E-state index is -0.252. The highest BCUT2D eigenvalue weighted by molar-refractivity contribution is 5.93. The van der Waals surface area contributed by atoms with Crippen LogP contribution < -0.4 is 5.32 Å². The van der Waals surface area contributed by atoms with Gasteiger partial charge in [0, 0.05) is 18.2 Å². The zero-order chi connectivity index (χ0) is 10.1. The summed E-state index contributed by atoms with van der Waals surface area (Å²) in [5.74, 6) is 0.123. The Balaban J connectivity index is 0.00000112. The van der Waals surface area contributed by atoms with Crippen LogP contribution in [-0.2, 0) is 4.74 Å². The van der Waals surface area contributed by atoms with E-state index in [-0.39, 0.29) is 18.4 Å². The molecule has 1 aromatic rings. The summed E-state index contributed by atoms with van der Waals surface area (Å²) in [5.41, 5.74) is 2.82. The number of anilines is 1. The molecule has 0 unspecified atom stereocenters. The maximum atomic E-state index is 11.5. The highest BCUT2D eigenvalue weighted by Gasteiger charge is 2.24. The number of halogens is 1. The third kappa shape index (κ3) is 1.92. The number of rotatable bonds is 1. The van der Waals surface area contributed by atoms with Crippen LogP contribution in [-0.4, -0.2) is 19.6 Å². The maximum Gasteiger partial charge on any atom is 0.338 e. The van der Waals surface area contributed by atoms with E-state index >= 15 is 0 Å². The van der Waals surface area contributed by atoms with Gasteiger partial charge < -0.3 is 10.1 Å². The van der Waals surface area contributed by atoms with Crippen LogP contribution in [0, 0.1) is 0 Å². The van der Waals surface area contributed by atoms with Crippen molar-refractivity contribution in [3.8, 4) is 0 Å². The van der Waals surface area contributed by atoms with Crippen LogP contribution in [0.4, 0.5) is 5.69 Å². The molecule has 1 heterocycles. The SMILES string of the molecule is COC(=O)c1cccc2c1[C@@H](C)CN2.Cl. The highest BCUT2D eigenvalue weighted by atomic mass is 35.5. The topological polar surface area (TPSA) is 38.3 Å². The van der Waals surface area contributed by atoms with Crippen molar-refractivity contribution in [2.45, 2.75) is 12.8 Å². The number of nitrogens with one attached hydrogen (secondary N) is 1. The van der Waals surface area contributed by atoms with Crippen molar-refractivity contribution >= 4 is 24.1 Å². The first-order chi connectivity index (χ1) is 6.74. The summed E-state index contributed by atoms with van der Waals surface area (Å²) < 4.78 is 4.74. The van der Waals surface area contributed by atoms with Crippen molar-refractivity contribution in [3.05, 3.63) is 29.3 Å². The Bertz CT molecular complexity index is 379. The molecule has 1 aliphatic rings. The van der Waals surface area contributed by atoms with Gasteiger partial charge in [-0.2, -0.15) is 0 Å². The minimum absolute atomic E-state index is 0. The zero-order valence-electron chi connectivity index (χ0n) is 8.74. The van der Waals surface area contributed by atoms with E-state index in [1.807, 2.05) is 18.2 Å². The predicted octanol–water partition coefficient (Wildman–Crippen LogP) is 2.42. The molecular weight excluding hydrogens is 214 g/mol. The fourth-order valence-electron chi connectivity index (χ4n) is 1.90. The van der Waals surface area contributed by atoms with Gasteiger partial charge in [-0.25, -0.2) is 4.79 Å². The van der Waals surface area contributed by atoms with Crippen molar-refractivity contribution < 1.29 is 9.53 Å². The fraction of sp³-hybridized carbons (Fsp3) is 0.364. The highest BCUT2D eigenvalue weighted by Crippen LogP contribution is 2.33. The summed E-state index contributed by atoms with van der Waals surface area (Å²) >= 11 is 0. The average molecular weight is 228 g/mol. The van der Waals surface area contributed by atoms with Gasteiger partial charge in [0.25, 0.3) is 0 Å². The summed E-state index contributed by atoms with van der Waals surface area (Å²) in [4.78, 5) is 11.5. The molecule has 82 valence electrons. The molecule has 0 bridgehead atoms. The summed E-state index contributed by atoms with van der Waals surface area (Å²) in [6.45, 7) is 2.99. The number of hydrogen-bond donors (Lipinski definition) is 1. The van der Waals surface area contributed by atoms with Crippen LogP contribution in [0.25, 0.3) is 0 Å². The van der Waals surface area contributed by atoms with Crippen LogP contribution >= 0.6 is 12.4 Å². The molecule has 0 spiro atoms. The summed E-state index contributed by atoms with van der Waals surface area (Å²) in [6, 6.07) is 5.68. The molecule has 4 heteroatoms. The Kier molecular flexibility index (Phi) is 3.58. The molecule has 0 radical (unpaired) electrons. The van der Waals surface area contributed by atoms with Gasteiger partial charge in [-0.3, -0.25) is 0 Å². The number of ether oxygens (including phenoxy) is 1. The second-order valence-corrected chi connectivity index (χ2v) is 3.54. The third-order valence-electron chi connectivity index (χ3n) is 2.60. The fourth-order valence-corrected chi connectivity index (χ4v) is 1.90. The van der Waals surface area contributed by atoms with Crippen molar-refractivity contribution in [2.24, 2.45) is 0 Å². The third-order valence-corrected chi connectivity index (χ3v) is 2.60. The predicted molar refractivity (Wildman–Crippen MR) is 61.9 cm³/mol. The Morgan fingerprint density at radius 2 is 2.27 bits per heavy atom. The lowest BCUT2D eigenvalue weighted by molar-refractivity contribution is 0.0599. The molecule has 1 atom stereocenters. The normalized spacial score (nSPS) is 17.3. The maximum absolute atomic E-state index is 11.5. The largest absolute Gasteiger partial charge is 0.465 e. The van der Waals surface area contributed by atoms with Gasteiger partial charge in [-0.05, 0) is 17.7 Å². The quantitative estimate of drug-likeness (QED) is 0.749. The van der Waals surface area contributed by atoms with Gasteiger partial charge in [0.2, 0.25) is 0 Å². The Hall–Kier alpha value is -1.22. The Morgan fingerprint density at radius 3 is 2.93 bits per heavy atom. The standard InChI is InChI=1S/C11H13NO2.ClH/c1-7-6-12-9-5-3-4-8(10(7)9)11(13)14-2;/h3-5,7,12H,6H2,1-2H3;1H/t7-;/m0./s1. The first-order valence-corrected chi connectivity index (χ1v) is 4.69. The van der Waals surface area contributed by atoms with Crippen molar-refractivity contribution in [1.82, 2.24) is 0 Å². The number of esters is 1. The van der Waals surface area contributed by atoms with Crippen LogP contribution in [0.3, 0.4) is 0 Å². The van der Waals surface area contributed by atoms with Gasteiger partial charge in [0.15, 0.2) is 0 Å². The number of methoxy groups -OCH3 is 1. The van der Waals surface area contributed by atoms with Gasteiger partial charge in [-0.1, -0.05) is 13.0 Å². The number of carbonyl (C=O) groups excluding carboxylic acids is 1. The number of carbonyl (C=O) groups is 1. The van der Waals surface area contributed by atoms with Crippen LogP contribution in [0.1, 0.15) is 28.8 Å². The van der Waals surface area contributed by atoms with E-state index < -0.39 is 0 Å². The van der Waals surface area contributed by atoms with Gasteiger partial charge in [-0.15, -0.1) is 12.4 Å². The monoisotopic (exact) mass is 227 g/mol. The molecule has 0 saturated heterocycles. The molecule has 0 fully saturated rings. The lowest BCUT2D eigenvalue weighted by Gasteiger charge is -2.08. The first-order valence-electron chi connectivity index (χ1n) is 4.69. The van der Waals surface area contributed by atoms with Crippen LogP contribution in [0.5, 0.6) is 0 Å². The molecular formula is C11H14ClNO2. The lowest BCUT2D eigenvalue weighted by atomic mass is 9.97. The van der Waals surface area contributed by atoms with E-state index in [2.05, 4.69) is 12.2 Å². The van der Waals surface area contributed by atoms with E-state index in [1.54, 1.807) is 0 Å². The first kappa shape index (κ1) is 11.9. The summed E-state index contributed by atoms with van der Waals surface area (Å²) in [6.07, 6.45) is 0. The number of fused-ring (bicyclic) bond motifs is 1. The van der Waals surface area contributed by atoms with Crippen molar-refractivity contribution in [2.75, 3.05) is 19.0 Å². The van der Waals surface area contributed by atoms with Gasteiger partial charge >= 0.3 is 5.97 Å². The van der Waals surface area contributed by atoms with Crippen LogP contribution in [0.2, 0.25) is 0 Å². The smallest absolute Gasteiger partial charge is 0.338 e. The molecule has 0 saturated carbocycles. The molecule has 0 aromatic heterocycles. The summed E-state index contributed by atoms with van der Waals surface area (Å²) in [5, 5.41) is 3.26. The van der Waals surface area contributed by atoms with Gasteiger partial charge in [0.1, 0.15) is 0 Å². The molecule has 1 aliphatic heterocycles. The van der Waals surface area contributed by atoms with Crippen LogP contribution in [0.15, 0.2) is 18.2 Å². The number of hydrogen-bond acceptors (Lipinski definition) is 3. The van der Waals surface area contributed by atoms with E-state index in [4.69, 9.17) is 4.74 Å². The van der Waals surface area contributed by atoms with E-state index in [0.717, 1.165) is 17.8 Å². The minimum Gasteiger partial charge on any atom is -0.465 e. The molecule has 15 heavy (non-hydrogen) atoms. The molecule has 3 nitrogen and oxygen atoms in total. The van der Waals surface area contributed by atoms with Crippen molar-refractivity contribution in [1.29, 1.82) is 0 Å². The number of benzene rings is 1. The average Bonchev–Trinajstić information content (AvgIpc) is 2.59. The summed E-state index contributed by atoms with van der Waals surface area (Å²) in [7, 11) is 1.41. The Morgan fingerprint density at radius 1 is 1.53 bits per heavy atom. The zero-order valence-corrected chi connectivity index (χ0v) is 9.56. The molecule has 2 rings (SSSR count). The molecule has 1 aromatic carbocycles. The molecule has 0 aliphatic carbocycles. The molecule has 0 amide bonds. The Labute approximate surface area is 95.2 Å². The second-order valence-electron chi connectivity index (χ2n) is 3.54. The second kappa shape index (κ2) is 4.53. The van der Waals surface area contributed by atoms with E-state index in [0.29, 0.717) is 11.5 Å². The van der Waals surface area contributed by atoms with E-state index in [1.165, 1.54) is 7.11 Å². The van der Waals surface area contributed by atoms with E-state index in [9.17, 15) is 4.79 Å². The van der Waals surface area contributed by atoms with Crippen molar-refractivity contribution in [3.63, 3.8) is 0 Å². The lowest BCUT2D eigenvalue weighted by Crippen LogP contribution is -2.06.